The zero-order chi connectivity index (χ0) is 18.4. The van der Waals surface area contributed by atoms with E-state index in [4.69, 9.17) is 11.6 Å². The Hall–Kier alpha value is -2.33. The van der Waals surface area contributed by atoms with Gasteiger partial charge in [0.05, 0.1) is 12.5 Å². The van der Waals surface area contributed by atoms with Crippen LogP contribution in [0.1, 0.15) is 48.5 Å². The van der Waals surface area contributed by atoms with Crippen molar-refractivity contribution in [3.8, 4) is 0 Å². The number of hydrogen-bond donors (Lipinski definition) is 1. The van der Waals surface area contributed by atoms with E-state index in [0.717, 1.165) is 40.6 Å². The van der Waals surface area contributed by atoms with Crippen LogP contribution in [0.5, 0.6) is 0 Å². The normalized spacial score (nSPS) is 17.4. The second-order valence-electron chi connectivity index (χ2n) is 6.96. The molecule has 2 atom stereocenters. The highest BCUT2D eigenvalue weighted by Crippen LogP contribution is 2.44. The predicted octanol–water partition coefficient (Wildman–Crippen LogP) is 5.55. The van der Waals surface area contributed by atoms with Crippen molar-refractivity contribution in [3.05, 3.63) is 70.1 Å². The molecule has 0 aliphatic heterocycles. The fourth-order valence-corrected chi connectivity index (χ4v) is 4.38. The van der Waals surface area contributed by atoms with Crippen LogP contribution in [0.25, 0.3) is 10.9 Å². The summed E-state index contributed by atoms with van der Waals surface area (Å²) in [4.78, 5) is 11.3. The lowest BCUT2D eigenvalue weighted by molar-refractivity contribution is -0.137. The van der Waals surface area contributed by atoms with E-state index in [0.29, 0.717) is 5.02 Å². The summed E-state index contributed by atoms with van der Waals surface area (Å²) in [5.41, 5.74) is 4.16. The van der Waals surface area contributed by atoms with Crippen LogP contribution in [0.15, 0.2) is 42.5 Å². The molecule has 1 aromatic heterocycles. The number of benzene rings is 2. The van der Waals surface area contributed by atoms with Crippen LogP contribution >= 0.6 is 11.6 Å². The van der Waals surface area contributed by atoms with Gasteiger partial charge in [0.25, 0.3) is 0 Å². The molecule has 134 valence electrons. The third-order valence-electron chi connectivity index (χ3n) is 5.40. The number of fused-ring (bicyclic) bond motifs is 3. The largest absolute Gasteiger partial charge is 0.481 e. The Morgan fingerprint density at radius 3 is 2.73 bits per heavy atom. The van der Waals surface area contributed by atoms with Gasteiger partial charge in [-0.3, -0.25) is 4.79 Å². The molecule has 2 unspecified atom stereocenters. The maximum atomic E-state index is 13.9. The molecule has 3 nitrogen and oxygen atoms in total. The van der Waals surface area contributed by atoms with Gasteiger partial charge < -0.3 is 9.67 Å². The molecule has 2 aromatic carbocycles. The molecule has 1 N–H and O–H groups in total. The average Bonchev–Trinajstić information content (AvgIpc) is 3.13. The average molecular weight is 372 g/mol. The van der Waals surface area contributed by atoms with E-state index >= 15 is 0 Å². The van der Waals surface area contributed by atoms with E-state index in [1.807, 2.05) is 24.3 Å². The minimum atomic E-state index is -0.801. The van der Waals surface area contributed by atoms with Gasteiger partial charge in [0, 0.05) is 27.5 Å². The van der Waals surface area contributed by atoms with Crippen LogP contribution in [0.3, 0.4) is 0 Å². The molecule has 0 spiro atoms. The lowest BCUT2D eigenvalue weighted by atomic mass is 10.0. The van der Waals surface area contributed by atoms with E-state index in [9.17, 15) is 14.3 Å². The van der Waals surface area contributed by atoms with E-state index in [2.05, 4.69) is 11.5 Å². The first-order valence-corrected chi connectivity index (χ1v) is 9.13. The Balaban J connectivity index is 1.92. The Bertz CT molecular complexity index is 993. The second kappa shape index (κ2) is 6.44. The number of aryl methyl sites for hydroxylation is 1. The summed E-state index contributed by atoms with van der Waals surface area (Å²) < 4.78 is 16.1. The minimum absolute atomic E-state index is 0.00151. The van der Waals surface area contributed by atoms with Gasteiger partial charge >= 0.3 is 5.97 Å². The molecule has 0 amide bonds. The van der Waals surface area contributed by atoms with Gasteiger partial charge in [-0.2, -0.15) is 0 Å². The van der Waals surface area contributed by atoms with Gasteiger partial charge in [-0.1, -0.05) is 23.7 Å². The summed E-state index contributed by atoms with van der Waals surface area (Å²) in [7, 11) is 0. The molecular formula is C21H19ClFNO2. The van der Waals surface area contributed by atoms with Crippen molar-refractivity contribution in [3.63, 3.8) is 0 Å². The molecule has 1 aliphatic carbocycles. The first kappa shape index (κ1) is 17.1. The molecule has 0 fully saturated rings. The van der Waals surface area contributed by atoms with E-state index in [1.165, 1.54) is 6.07 Å². The SMILES string of the molecule is CC(c1ccc(Cl)cc1)n1c2c(c3cc(F)ccc31)CCC2CC(=O)O. The van der Waals surface area contributed by atoms with Crippen LogP contribution in [-0.4, -0.2) is 15.6 Å². The second-order valence-corrected chi connectivity index (χ2v) is 7.39. The Morgan fingerprint density at radius 2 is 2.04 bits per heavy atom. The van der Waals surface area contributed by atoms with Crippen LogP contribution < -0.4 is 0 Å². The molecule has 1 aliphatic rings. The van der Waals surface area contributed by atoms with Crippen molar-refractivity contribution in [1.82, 2.24) is 4.57 Å². The summed E-state index contributed by atoms with van der Waals surface area (Å²) >= 11 is 6.01. The highest BCUT2D eigenvalue weighted by Gasteiger charge is 2.33. The third-order valence-corrected chi connectivity index (χ3v) is 5.65. The van der Waals surface area contributed by atoms with Crippen LogP contribution in [0, 0.1) is 5.82 Å². The number of aromatic nitrogens is 1. The summed E-state index contributed by atoms with van der Waals surface area (Å²) in [6.07, 6.45) is 1.67. The molecule has 0 saturated heterocycles. The van der Waals surface area contributed by atoms with Gasteiger partial charge in [0.1, 0.15) is 5.82 Å². The minimum Gasteiger partial charge on any atom is -0.481 e. The molecule has 26 heavy (non-hydrogen) atoms. The summed E-state index contributed by atoms with van der Waals surface area (Å²) in [5, 5.41) is 10.9. The summed E-state index contributed by atoms with van der Waals surface area (Å²) in [5.74, 6) is -1.11. The number of halogens is 2. The zero-order valence-electron chi connectivity index (χ0n) is 14.4. The van der Waals surface area contributed by atoms with Gasteiger partial charge in [-0.15, -0.1) is 0 Å². The molecule has 1 heterocycles. The molecule has 3 aromatic rings. The number of nitrogens with zero attached hydrogens (tertiary/aromatic N) is 1. The van der Waals surface area contributed by atoms with Crippen molar-refractivity contribution >= 4 is 28.5 Å². The summed E-state index contributed by atoms with van der Waals surface area (Å²) in [6, 6.07) is 12.5. The smallest absolute Gasteiger partial charge is 0.304 e. The number of rotatable bonds is 4. The standard InChI is InChI=1S/C21H19ClFNO2/c1-12(13-2-5-15(22)6-3-13)24-19-9-7-16(23)11-18(19)17-8-4-14(21(17)24)10-20(25)26/h2-3,5-7,9,11-12,14H,4,8,10H2,1H3,(H,25,26). The fourth-order valence-electron chi connectivity index (χ4n) is 4.25. The molecule has 5 heteroatoms. The van der Waals surface area contributed by atoms with Gasteiger partial charge in [0.15, 0.2) is 0 Å². The molecule has 0 bridgehead atoms. The summed E-state index contributed by atoms with van der Waals surface area (Å²) in [6.45, 7) is 2.09. The number of aliphatic carboxylic acids is 1. The van der Waals surface area contributed by atoms with E-state index in [1.54, 1.807) is 12.1 Å². The Kier molecular flexibility index (Phi) is 4.23. The Labute approximate surface area is 156 Å². The first-order chi connectivity index (χ1) is 12.5. The van der Waals surface area contributed by atoms with Crippen molar-refractivity contribution in [2.45, 2.75) is 38.1 Å². The van der Waals surface area contributed by atoms with Crippen LogP contribution in [0.4, 0.5) is 4.39 Å². The maximum absolute atomic E-state index is 13.9. The molecule has 0 radical (unpaired) electrons. The maximum Gasteiger partial charge on any atom is 0.304 e. The van der Waals surface area contributed by atoms with Gasteiger partial charge in [-0.25, -0.2) is 4.39 Å². The van der Waals surface area contributed by atoms with Gasteiger partial charge in [-0.05, 0) is 61.2 Å². The third kappa shape index (κ3) is 2.78. The zero-order valence-corrected chi connectivity index (χ0v) is 15.1. The number of carbonyl (C=O) groups is 1. The van der Waals surface area contributed by atoms with Crippen molar-refractivity contribution in [2.75, 3.05) is 0 Å². The quantitative estimate of drug-likeness (QED) is 0.653. The molecular weight excluding hydrogens is 353 g/mol. The number of carboxylic acids is 1. The number of carboxylic acid groups (broad SMARTS) is 1. The van der Waals surface area contributed by atoms with E-state index < -0.39 is 5.97 Å². The van der Waals surface area contributed by atoms with Crippen molar-refractivity contribution in [1.29, 1.82) is 0 Å². The van der Waals surface area contributed by atoms with E-state index in [-0.39, 0.29) is 24.2 Å². The molecule has 0 saturated carbocycles. The highest BCUT2D eigenvalue weighted by atomic mass is 35.5. The van der Waals surface area contributed by atoms with Crippen molar-refractivity contribution in [2.24, 2.45) is 0 Å². The van der Waals surface area contributed by atoms with Crippen LogP contribution in [0.2, 0.25) is 5.02 Å². The highest BCUT2D eigenvalue weighted by molar-refractivity contribution is 6.30. The Morgan fingerprint density at radius 1 is 1.31 bits per heavy atom. The molecule has 4 rings (SSSR count). The first-order valence-electron chi connectivity index (χ1n) is 8.75. The monoisotopic (exact) mass is 371 g/mol. The lowest BCUT2D eigenvalue weighted by Crippen LogP contribution is -2.14. The van der Waals surface area contributed by atoms with Crippen molar-refractivity contribution < 1.29 is 14.3 Å². The topological polar surface area (TPSA) is 42.2 Å². The number of hydrogen-bond acceptors (Lipinski definition) is 1. The van der Waals surface area contributed by atoms with Gasteiger partial charge in [0.2, 0.25) is 0 Å². The fraction of sp³-hybridized carbons (Fsp3) is 0.286. The predicted molar refractivity (Wildman–Crippen MR) is 100 cm³/mol. The van der Waals surface area contributed by atoms with Crippen LogP contribution in [-0.2, 0) is 11.2 Å². The lowest BCUT2D eigenvalue weighted by Gasteiger charge is -2.22.